The summed E-state index contributed by atoms with van der Waals surface area (Å²) >= 11 is 0. The molecule has 3 aromatic carbocycles. The largest absolute Gasteiger partial charge is 0.464 e. The standard InChI is InChI=1S/C19H18NO3P/c1-15-12-13-18(20)19(14-15)24(21,22-16-8-4-2-5-9-16)23-17-10-6-3-7-11-17/h2-14H,20H2,1H3. The Labute approximate surface area is 141 Å². The minimum Gasteiger partial charge on any atom is -0.413 e. The highest BCUT2D eigenvalue weighted by Crippen LogP contribution is 2.48. The first kappa shape index (κ1) is 16.2. The zero-order valence-corrected chi connectivity index (χ0v) is 14.1. The van der Waals surface area contributed by atoms with Gasteiger partial charge in [-0.25, -0.2) is 4.57 Å². The summed E-state index contributed by atoms with van der Waals surface area (Å²) in [5.74, 6) is 0.912. The number of benzene rings is 3. The molecular formula is C19H18NO3P. The number of nitrogen functional groups attached to an aromatic ring is 1. The van der Waals surface area contributed by atoms with Crippen LogP contribution < -0.4 is 20.1 Å². The number of aryl methyl sites for hydroxylation is 1. The van der Waals surface area contributed by atoms with Crippen LogP contribution in [0.2, 0.25) is 0 Å². The summed E-state index contributed by atoms with van der Waals surface area (Å²) in [4.78, 5) is 0. The van der Waals surface area contributed by atoms with Gasteiger partial charge in [0.2, 0.25) is 0 Å². The quantitative estimate of drug-likeness (QED) is 0.547. The van der Waals surface area contributed by atoms with E-state index in [4.69, 9.17) is 14.8 Å². The molecule has 0 atom stereocenters. The van der Waals surface area contributed by atoms with E-state index in [1.54, 1.807) is 36.4 Å². The summed E-state index contributed by atoms with van der Waals surface area (Å²) in [5.41, 5.74) is 7.35. The Kier molecular flexibility index (Phi) is 4.59. The predicted molar refractivity (Wildman–Crippen MR) is 97.0 cm³/mol. The van der Waals surface area contributed by atoms with Crippen LogP contribution in [0.4, 0.5) is 5.69 Å². The van der Waals surface area contributed by atoms with Crippen molar-refractivity contribution < 1.29 is 13.6 Å². The van der Waals surface area contributed by atoms with Crippen molar-refractivity contribution in [3.8, 4) is 11.5 Å². The number of nitrogens with two attached hydrogens (primary N) is 1. The van der Waals surface area contributed by atoms with Crippen LogP contribution in [0.1, 0.15) is 5.56 Å². The minimum absolute atomic E-state index is 0.357. The fourth-order valence-electron chi connectivity index (χ4n) is 2.25. The molecule has 3 rings (SSSR count). The molecule has 24 heavy (non-hydrogen) atoms. The summed E-state index contributed by atoms with van der Waals surface area (Å²) < 4.78 is 25.2. The van der Waals surface area contributed by atoms with Crippen LogP contribution in [0.5, 0.6) is 11.5 Å². The molecule has 0 radical (unpaired) electrons. The maximum atomic E-state index is 13.6. The van der Waals surface area contributed by atoms with E-state index in [1.165, 1.54) is 0 Å². The maximum absolute atomic E-state index is 13.6. The first-order valence-electron chi connectivity index (χ1n) is 7.53. The third kappa shape index (κ3) is 3.61. The topological polar surface area (TPSA) is 61.6 Å². The Morgan fingerprint density at radius 1 is 0.792 bits per heavy atom. The lowest BCUT2D eigenvalue weighted by Crippen LogP contribution is -2.18. The molecule has 4 nitrogen and oxygen atoms in total. The molecule has 0 fully saturated rings. The van der Waals surface area contributed by atoms with Crippen molar-refractivity contribution >= 4 is 18.6 Å². The van der Waals surface area contributed by atoms with E-state index < -0.39 is 7.60 Å². The average molecular weight is 339 g/mol. The van der Waals surface area contributed by atoms with E-state index in [2.05, 4.69) is 0 Å². The van der Waals surface area contributed by atoms with E-state index in [-0.39, 0.29) is 0 Å². The molecule has 0 saturated carbocycles. The van der Waals surface area contributed by atoms with Crippen LogP contribution in [-0.4, -0.2) is 0 Å². The fraction of sp³-hybridized carbons (Fsp3) is 0.0526. The van der Waals surface area contributed by atoms with Gasteiger partial charge >= 0.3 is 7.60 Å². The van der Waals surface area contributed by atoms with Gasteiger partial charge in [0.15, 0.2) is 0 Å². The van der Waals surface area contributed by atoms with Crippen LogP contribution in [0.3, 0.4) is 0 Å². The zero-order chi connectivity index (χ0) is 17.0. The van der Waals surface area contributed by atoms with Crippen molar-refractivity contribution in [2.75, 3.05) is 5.73 Å². The van der Waals surface area contributed by atoms with Gasteiger partial charge in [-0.1, -0.05) is 42.5 Å². The van der Waals surface area contributed by atoms with Crippen molar-refractivity contribution in [3.63, 3.8) is 0 Å². The summed E-state index contributed by atoms with van der Waals surface area (Å²) in [6, 6.07) is 23.2. The Hall–Kier alpha value is -2.71. The smallest absolute Gasteiger partial charge is 0.413 e. The second-order valence-corrected chi connectivity index (χ2v) is 7.21. The van der Waals surface area contributed by atoms with Crippen LogP contribution >= 0.6 is 7.60 Å². The Bertz CT molecular complexity index is 821. The van der Waals surface area contributed by atoms with Gasteiger partial charge in [-0.2, -0.15) is 0 Å². The molecule has 122 valence electrons. The second-order valence-electron chi connectivity index (χ2n) is 5.37. The number of hydrogen-bond acceptors (Lipinski definition) is 4. The van der Waals surface area contributed by atoms with E-state index in [0.29, 0.717) is 22.5 Å². The SMILES string of the molecule is Cc1ccc(N)c(P(=O)(Oc2ccccc2)Oc2ccccc2)c1. The third-order valence-electron chi connectivity index (χ3n) is 3.42. The lowest BCUT2D eigenvalue weighted by Gasteiger charge is -2.21. The normalized spacial score (nSPS) is 11.0. The van der Waals surface area contributed by atoms with Gasteiger partial charge in [0.05, 0.1) is 0 Å². The summed E-state index contributed by atoms with van der Waals surface area (Å²) in [6.07, 6.45) is 0. The minimum atomic E-state index is -3.71. The summed E-state index contributed by atoms with van der Waals surface area (Å²) in [7, 11) is -3.71. The van der Waals surface area contributed by atoms with Crippen molar-refractivity contribution in [3.05, 3.63) is 84.4 Å². The zero-order valence-electron chi connectivity index (χ0n) is 13.3. The lowest BCUT2D eigenvalue weighted by molar-refractivity contribution is 0.399. The van der Waals surface area contributed by atoms with Crippen LogP contribution in [0, 0.1) is 6.92 Å². The molecule has 0 aliphatic rings. The van der Waals surface area contributed by atoms with Crippen molar-refractivity contribution in [2.24, 2.45) is 0 Å². The summed E-state index contributed by atoms with van der Waals surface area (Å²) in [6.45, 7) is 1.90. The maximum Gasteiger partial charge on any atom is 0.464 e. The van der Waals surface area contributed by atoms with Crippen LogP contribution in [-0.2, 0) is 4.57 Å². The van der Waals surface area contributed by atoms with Crippen molar-refractivity contribution in [1.82, 2.24) is 0 Å². The molecule has 0 saturated heterocycles. The monoisotopic (exact) mass is 339 g/mol. The Morgan fingerprint density at radius 3 is 1.79 bits per heavy atom. The van der Waals surface area contributed by atoms with Crippen LogP contribution in [0.15, 0.2) is 78.9 Å². The number of para-hydroxylation sites is 2. The molecule has 3 aromatic rings. The molecule has 0 unspecified atom stereocenters. The Balaban J connectivity index is 2.06. The van der Waals surface area contributed by atoms with E-state index in [1.807, 2.05) is 49.4 Å². The van der Waals surface area contributed by atoms with Gasteiger partial charge in [-0.3, -0.25) is 0 Å². The van der Waals surface area contributed by atoms with Gasteiger partial charge < -0.3 is 14.8 Å². The van der Waals surface area contributed by atoms with Crippen molar-refractivity contribution in [1.29, 1.82) is 0 Å². The highest BCUT2D eigenvalue weighted by molar-refractivity contribution is 7.63. The van der Waals surface area contributed by atoms with Crippen LogP contribution in [0.25, 0.3) is 0 Å². The first-order chi connectivity index (χ1) is 11.6. The first-order valence-corrected chi connectivity index (χ1v) is 9.07. The molecule has 0 spiro atoms. The molecule has 0 heterocycles. The molecule has 0 aliphatic carbocycles. The highest BCUT2D eigenvalue weighted by atomic mass is 31.2. The lowest BCUT2D eigenvalue weighted by atomic mass is 10.2. The molecule has 0 amide bonds. The van der Waals surface area contributed by atoms with Gasteiger partial charge in [0, 0.05) is 5.69 Å². The Morgan fingerprint density at radius 2 is 1.29 bits per heavy atom. The molecule has 0 bridgehead atoms. The third-order valence-corrected chi connectivity index (χ3v) is 5.30. The van der Waals surface area contributed by atoms with Gasteiger partial charge in [-0.05, 0) is 48.9 Å². The van der Waals surface area contributed by atoms with E-state index in [0.717, 1.165) is 5.56 Å². The molecule has 0 aliphatic heterocycles. The number of hydrogen-bond donors (Lipinski definition) is 1. The predicted octanol–water partition coefficient (Wildman–Crippen LogP) is 4.55. The number of rotatable bonds is 5. The fourth-order valence-corrected chi connectivity index (χ4v) is 4.03. The van der Waals surface area contributed by atoms with E-state index >= 15 is 0 Å². The second kappa shape index (κ2) is 6.81. The van der Waals surface area contributed by atoms with Gasteiger partial charge in [-0.15, -0.1) is 0 Å². The van der Waals surface area contributed by atoms with Gasteiger partial charge in [0.25, 0.3) is 0 Å². The van der Waals surface area contributed by atoms with Crippen molar-refractivity contribution in [2.45, 2.75) is 6.92 Å². The number of anilines is 1. The molecular weight excluding hydrogens is 321 g/mol. The van der Waals surface area contributed by atoms with E-state index in [9.17, 15) is 4.57 Å². The summed E-state index contributed by atoms with van der Waals surface area (Å²) in [5, 5.41) is 0.357. The van der Waals surface area contributed by atoms with Gasteiger partial charge in [0.1, 0.15) is 16.8 Å². The molecule has 5 heteroatoms. The average Bonchev–Trinajstić information content (AvgIpc) is 2.58. The molecule has 2 N–H and O–H groups in total. The molecule has 0 aromatic heterocycles. The highest BCUT2D eigenvalue weighted by Gasteiger charge is 2.33.